The van der Waals surface area contributed by atoms with Gasteiger partial charge in [-0.25, -0.2) is 13.6 Å². The number of benzene rings is 2. The fraction of sp³-hybridized carbons (Fsp3) is 0. The first-order valence-corrected chi connectivity index (χ1v) is 7.14. The average Bonchev–Trinajstić information content (AvgIpc) is 2.40. The average molecular weight is 288 g/mol. The molecule has 2 aromatic rings. The first kappa shape index (κ1) is 13.9. The van der Waals surface area contributed by atoms with Gasteiger partial charge in [0.1, 0.15) is 0 Å². The molecule has 0 amide bonds. The highest BCUT2D eigenvalue weighted by atomic mass is 32.2. The summed E-state index contributed by atoms with van der Waals surface area (Å²) in [5, 5.41) is 16.9. The van der Waals surface area contributed by atoms with Crippen LogP contribution in [-0.2, 0) is 10.0 Å². The van der Waals surface area contributed by atoms with Gasteiger partial charge in [0.25, 0.3) is 0 Å². The molecule has 0 radical (unpaired) electrons. The maximum atomic E-state index is 11.2. The Morgan fingerprint density at radius 1 is 1.15 bits per heavy atom. The molecule has 0 aliphatic carbocycles. The van der Waals surface area contributed by atoms with Gasteiger partial charge in [-0.1, -0.05) is 6.07 Å². The van der Waals surface area contributed by atoms with Crippen LogP contribution in [0.15, 0.2) is 47.4 Å². The molecular weight excluding hydrogens is 276 g/mol. The van der Waals surface area contributed by atoms with Gasteiger partial charge >= 0.3 is 0 Å². The van der Waals surface area contributed by atoms with Gasteiger partial charge in [-0.05, 0) is 36.4 Å². The minimum atomic E-state index is -3.78. The SMILES string of the molecule is N#Cc1cccc(Nc2ccc(S(N)(=O)=O)cc2N)c1. The zero-order valence-electron chi connectivity index (χ0n) is 10.4. The number of sulfonamides is 1. The second-order valence-electron chi connectivity index (χ2n) is 4.11. The van der Waals surface area contributed by atoms with Crippen molar-refractivity contribution in [3.05, 3.63) is 48.0 Å². The second kappa shape index (κ2) is 5.21. The van der Waals surface area contributed by atoms with Crippen molar-refractivity contribution in [3.8, 4) is 6.07 Å². The lowest BCUT2D eigenvalue weighted by molar-refractivity contribution is 0.598. The maximum absolute atomic E-state index is 11.2. The first-order chi connectivity index (χ1) is 9.40. The smallest absolute Gasteiger partial charge is 0.238 e. The van der Waals surface area contributed by atoms with Crippen LogP contribution in [0.25, 0.3) is 0 Å². The molecule has 5 N–H and O–H groups in total. The molecule has 0 heterocycles. The fourth-order valence-corrected chi connectivity index (χ4v) is 2.20. The molecule has 0 aliphatic heterocycles. The number of nitrogens with two attached hydrogens (primary N) is 2. The Morgan fingerprint density at radius 3 is 2.50 bits per heavy atom. The summed E-state index contributed by atoms with van der Waals surface area (Å²) in [6, 6.07) is 13.0. The summed E-state index contributed by atoms with van der Waals surface area (Å²) < 4.78 is 22.4. The molecule has 0 atom stereocenters. The highest BCUT2D eigenvalue weighted by Gasteiger charge is 2.10. The van der Waals surface area contributed by atoms with Crippen molar-refractivity contribution in [2.45, 2.75) is 4.90 Å². The van der Waals surface area contributed by atoms with E-state index >= 15 is 0 Å². The molecule has 102 valence electrons. The van der Waals surface area contributed by atoms with E-state index in [0.717, 1.165) is 0 Å². The lowest BCUT2D eigenvalue weighted by atomic mass is 10.2. The molecule has 0 spiro atoms. The quantitative estimate of drug-likeness (QED) is 0.739. The van der Waals surface area contributed by atoms with E-state index in [-0.39, 0.29) is 10.6 Å². The Balaban J connectivity index is 2.33. The van der Waals surface area contributed by atoms with Crippen molar-refractivity contribution in [3.63, 3.8) is 0 Å². The summed E-state index contributed by atoms with van der Waals surface area (Å²) in [5.74, 6) is 0. The van der Waals surface area contributed by atoms with Gasteiger partial charge in [-0.3, -0.25) is 0 Å². The normalized spacial score (nSPS) is 10.8. The predicted molar refractivity (Wildman–Crippen MR) is 76.7 cm³/mol. The highest BCUT2D eigenvalue weighted by Crippen LogP contribution is 2.25. The number of rotatable bonds is 3. The minimum Gasteiger partial charge on any atom is -0.397 e. The van der Waals surface area contributed by atoms with Crippen LogP contribution in [0.5, 0.6) is 0 Å². The van der Waals surface area contributed by atoms with Crippen LogP contribution in [0.3, 0.4) is 0 Å². The first-order valence-electron chi connectivity index (χ1n) is 5.59. The van der Waals surface area contributed by atoms with Crippen molar-refractivity contribution in [1.82, 2.24) is 0 Å². The molecule has 2 rings (SSSR count). The third-order valence-corrected chi connectivity index (χ3v) is 3.53. The van der Waals surface area contributed by atoms with Gasteiger partial charge in [0.15, 0.2) is 0 Å². The van der Waals surface area contributed by atoms with Gasteiger partial charge in [-0.15, -0.1) is 0 Å². The van der Waals surface area contributed by atoms with Crippen LogP contribution in [-0.4, -0.2) is 8.42 Å². The van der Waals surface area contributed by atoms with Crippen molar-refractivity contribution < 1.29 is 8.42 Å². The minimum absolute atomic E-state index is 0.0497. The number of nitrogens with zero attached hydrogens (tertiary/aromatic N) is 1. The molecule has 0 unspecified atom stereocenters. The third-order valence-electron chi connectivity index (χ3n) is 2.62. The number of hydrogen-bond acceptors (Lipinski definition) is 5. The standard InChI is InChI=1S/C13H12N4O2S/c14-8-9-2-1-3-10(6-9)17-13-5-4-11(7-12(13)15)20(16,18)19/h1-7,17H,15H2,(H2,16,18,19). The third kappa shape index (κ3) is 3.06. The molecule has 0 saturated carbocycles. The second-order valence-corrected chi connectivity index (χ2v) is 5.67. The molecule has 20 heavy (non-hydrogen) atoms. The monoisotopic (exact) mass is 288 g/mol. The number of nitrogen functional groups attached to an aromatic ring is 1. The van der Waals surface area contributed by atoms with Gasteiger partial charge in [0, 0.05) is 5.69 Å². The zero-order chi connectivity index (χ0) is 14.8. The molecular formula is C13H12N4O2S. The molecule has 0 fully saturated rings. The van der Waals surface area contributed by atoms with Gasteiger partial charge in [0.05, 0.1) is 27.9 Å². The summed E-state index contributed by atoms with van der Waals surface area (Å²) in [6.07, 6.45) is 0. The summed E-state index contributed by atoms with van der Waals surface area (Å²) in [7, 11) is -3.78. The number of nitriles is 1. The summed E-state index contributed by atoms with van der Waals surface area (Å²) in [5.41, 5.74) is 7.76. The van der Waals surface area contributed by atoms with Crippen LogP contribution >= 0.6 is 0 Å². The molecule has 0 bridgehead atoms. The fourth-order valence-electron chi connectivity index (χ4n) is 1.65. The topological polar surface area (TPSA) is 122 Å². The van der Waals surface area contributed by atoms with E-state index in [1.807, 2.05) is 6.07 Å². The van der Waals surface area contributed by atoms with E-state index in [1.54, 1.807) is 24.3 Å². The molecule has 0 aliphatic rings. The number of anilines is 3. The number of hydrogen-bond donors (Lipinski definition) is 3. The van der Waals surface area contributed by atoms with E-state index in [0.29, 0.717) is 16.9 Å². The van der Waals surface area contributed by atoms with Crippen molar-refractivity contribution in [2.75, 3.05) is 11.1 Å². The molecule has 2 aromatic carbocycles. The van der Waals surface area contributed by atoms with E-state index in [2.05, 4.69) is 5.32 Å². The summed E-state index contributed by atoms with van der Waals surface area (Å²) in [4.78, 5) is -0.0497. The number of primary sulfonamides is 1. The van der Waals surface area contributed by atoms with Gasteiger partial charge in [-0.2, -0.15) is 5.26 Å². The predicted octanol–water partition coefficient (Wildman–Crippen LogP) is 1.53. The Morgan fingerprint density at radius 2 is 1.90 bits per heavy atom. The van der Waals surface area contributed by atoms with Crippen molar-refractivity contribution in [2.24, 2.45) is 5.14 Å². The highest BCUT2D eigenvalue weighted by molar-refractivity contribution is 7.89. The molecule has 7 heteroatoms. The largest absolute Gasteiger partial charge is 0.397 e. The molecule has 0 saturated heterocycles. The van der Waals surface area contributed by atoms with E-state index in [9.17, 15) is 8.42 Å². The van der Waals surface area contributed by atoms with Gasteiger partial charge in [0.2, 0.25) is 10.0 Å². The van der Waals surface area contributed by atoms with Gasteiger partial charge < -0.3 is 11.1 Å². The van der Waals surface area contributed by atoms with Crippen LogP contribution in [0.4, 0.5) is 17.1 Å². The van der Waals surface area contributed by atoms with E-state index < -0.39 is 10.0 Å². The van der Waals surface area contributed by atoms with E-state index in [1.165, 1.54) is 18.2 Å². The zero-order valence-corrected chi connectivity index (χ0v) is 11.2. The maximum Gasteiger partial charge on any atom is 0.238 e. The number of nitrogens with one attached hydrogen (secondary N) is 1. The summed E-state index contributed by atoms with van der Waals surface area (Å²) in [6.45, 7) is 0. The van der Waals surface area contributed by atoms with Crippen LogP contribution in [0, 0.1) is 11.3 Å². The van der Waals surface area contributed by atoms with Crippen LogP contribution in [0.1, 0.15) is 5.56 Å². The Kier molecular flexibility index (Phi) is 3.61. The molecule has 0 aromatic heterocycles. The Labute approximate surface area is 116 Å². The van der Waals surface area contributed by atoms with Crippen molar-refractivity contribution in [1.29, 1.82) is 5.26 Å². The lowest BCUT2D eigenvalue weighted by Crippen LogP contribution is -2.12. The Bertz CT molecular complexity index is 794. The lowest BCUT2D eigenvalue weighted by Gasteiger charge is -2.10. The Hall–Kier alpha value is -2.56. The van der Waals surface area contributed by atoms with Crippen LogP contribution in [0.2, 0.25) is 0 Å². The van der Waals surface area contributed by atoms with E-state index in [4.69, 9.17) is 16.1 Å². The van der Waals surface area contributed by atoms with Crippen molar-refractivity contribution >= 4 is 27.1 Å². The van der Waals surface area contributed by atoms with Crippen LogP contribution < -0.4 is 16.2 Å². The summed E-state index contributed by atoms with van der Waals surface area (Å²) >= 11 is 0. The molecule has 6 nitrogen and oxygen atoms in total.